The van der Waals surface area contributed by atoms with Crippen LogP contribution < -0.4 is 5.32 Å². The molecule has 2 aliphatic rings. The summed E-state index contributed by atoms with van der Waals surface area (Å²) in [5, 5.41) is 3.16. The molecule has 2 heterocycles. The van der Waals surface area contributed by atoms with Gasteiger partial charge >= 0.3 is 11.8 Å². The third-order valence-corrected chi connectivity index (χ3v) is 4.87. The van der Waals surface area contributed by atoms with Crippen molar-refractivity contribution >= 4 is 30.1 Å². The highest BCUT2D eigenvalue weighted by molar-refractivity contribution is 6.35. The SMILES string of the molecule is CCN1CCN(CC(=O)N2CCC(CCNC)CC2)C(=O)C1=O.Cl. The van der Waals surface area contributed by atoms with Crippen molar-refractivity contribution in [3.8, 4) is 0 Å². The van der Waals surface area contributed by atoms with Crippen molar-refractivity contribution in [3.63, 3.8) is 0 Å². The minimum atomic E-state index is -0.546. The summed E-state index contributed by atoms with van der Waals surface area (Å²) in [5.74, 6) is -0.404. The molecule has 0 radical (unpaired) electrons. The normalized spacial score (nSPS) is 19.5. The van der Waals surface area contributed by atoms with Crippen molar-refractivity contribution in [1.29, 1.82) is 0 Å². The standard InChI is InChI=1S/C16H28N4O3.ClH/c1-3-18-10-11-20(16(23)15(18)22)12-14(21)19-8-5-13(6-9-19)4-7-17-2;/h13,17H,3-12H2,1-2H3;1H. The van der Waals surface area contributed by atoms with Gasteiger partial charge in [-0.15, -0.1) is 12.4 Å². The van der Waals surface area contributed by atoms with E-state index < -0.39 is 11.8 Å². The second-order valence-corrected chi connectivity index (χ2v) is 6.33. The second kappa shape index (κ2) is 9.84. The lowest BCUT2D eigenvalue weighted by atomic mass is 9.93. The van der Waals surface area contributed by atoms with Gasteiger partial charge in [-0.2, -0.15) is 0 Å². The Morgan fingerprint density at radius 2 is 1.67 bits per heavy atom. The zero-order valence-electron chi connectivity index (χ0n) is 14.6. The van der Waals surface area contributed by atoms with Crippen LogP contribution in [0.2, 0.25) is 0 Å². The Labute approximate surface area is 150 Å². The molecule has 0 unspecified atom stereocenters. The summed E-state index contributed by atoms with van der Waals surface area (Å²) in [6, 6.07) is 0. The number of rotatable bonds is 6. The van der Waals surface area contributed by atoms with Gasteiger partial charge in [-0.1, -0.05) is 0 Å². The summed E-state index contributed by atoms with van der Waals surface area (Å²) >= 11 is 0. The minimum Gasteiger partial charge on any atom is -0.341 e. The van der Waals surface area contributed by atoms with Crippen LogP contribution >= 0.6 is 12.4 Å². The van der Waals surface area contributed by atoms with Gasteiger partial charge in [0.05, 0.1) is 0 Å². The molecule has 24 heavy (non-hydrogen) atoms. The number of halogens is 1. The topological polar surface area (TPSA) is 73.0 Å². The van der Waals surface area contributed by atoms with E-state index in [0.29, 0.717) is 25.6 Å². The molecule has 0 bridgehead atoms. The van der Waals surface area contributed by atoms with Gasteiger partial charge in [0.25, 0.3) is 0 Å². The smallest absolute Gasteiger partial charge is 0.312 e. The average Bonchev–Trinajstić information content (AvgIpc) is 2.57. The predicted octanol–water partition coefficient (Wildman–Crippen LogP) is -0.0530. The van der Waals surface area contributed by atoms with Gasteiger partial charge in [0, 0.05) is 32.7 Å². The number of likely N-dealkylation sites (tertiary alicyclic amines) is 1. The van der Waals surface area contributed by atoms with E-state index in [9.17, 15) is 14.4 Å². The Morgan fingerprint density at radius 1 is 1.08 bits per heavy atom. The van der Waals surface area contributed by atoms with E-state index in [4.69, 9.17) is 0 Å². The largest absolute Gasteiger partial charge is 0.341 e. The molecule has 2 saturated heterocycles. The van der Waals surface area contributed by atoms with Crippen LogP contribution in [0.5, 0.6) is 0 Å². The monoisotopic (exact) mass is 360 g/mol. The molecular weight excluding hydrogens is 332 g/mol. The number of hydrogen-bond donors (Lipinski definition) is 1. The van der Waals surface area contributed by atoms with Gasteiger partial charge in [0.2, 0.25) is 5.91 Å². The number of carbonyl (C=O) groups excluding carboxylic acids is 3. The molecular formula is C16H29ClN4O3. The summed E-state index contributed by atoms with van der Waals surface area (Å²) in [6.45, 7) is 5.90. The maximum absolute atomic E-state index is 12.4. The van der Waals surface area contributed by atoms with Gasteiger partial charge in [0.15, 0.2) is 0 Å². The Kier molecular flexibility index (Phi) is 8.48. The summed E-state index contributed by atoms with van der Waals surface area (Å²) < 4.78 is 0. The molecule has 0 saturated carbocycles. The number of hydrogen-bond acceptors (Lipinski definition) is 4. The molecule has 138 valence electrons. The van der Waals surface area contributed by atoms with E-state index in [-0.39, 0.29) is 24.9 Å². The highest BCUT2D eigenvalue weighted by Gasteiger charge is 2.33. The molecule has 2 aliphatic heterocycles. The molecule has 0 aromatic heterocycles. The first kappa shape index (κ1) is 20.7. The first-order valence-corrected chi connectivity index (χ1v) is 8.57. The van der Waals surface area contributed by atoms with Crippen molar-refractivity contribution in [2.75, 3.05) is 52.9 Å². The lowest BCUT2D eigenvalue weighted by Crippen LogP contribution is -2.56. The van der Waals surface area contributed by atoms with Crippen molar-refractivity contribution < 1.29 is 14.4 Å². The number of piperazine rings is 1. The van der Waals surface area contributed by atoms with E-state index >= 15 is 0 Å². The molecule has 2 rings (SSSR count). The number of nitrogens with one attached hydrogen (secondary N) is 1. The van der Waals surface area contributed by atoms with Crippen LogP contribution in [-0.2, 0) is 14.4 Å². The number of likely N-dealkylation sites (N-methyl/N-ethyl adjacent to an activating group) is 1. The number of amides is 3. The van der Waals surface area contributed by atoms with Crippen molar-refractivity contribution in [2.24, 2.45) is 5.92 Å². The average molecular weight is 361 g/mol. The van der Waals surface area contributed by atoms with E-state index in [2.05, 4.69) is 5.32 Å². The summed E-state index contributed by atoms with van der Waals surface area (Å²) in [7, 11) is 1.95. The van der Waals surface area contributed by atoms with E-state index in [1.54, 1.807) is 0 Å². The van der Waals surface area contributed by atoms with Crippen LogP contribution in [0.1, 0.15) is 26.2 Å². The summed E-state index contributed by atoms with van der Waals surface area (Å²) in [5.41, 5.74) is 0. The number of nitrogens with zero attached hydrogens (tertiary/aromatic N) is 3. The molecule has 0 spiro atoms. The van der Waals surface area contributed by atoms with Gasteiger partial charge in [0.1, 0.15) is 6.54 Å². The van der Waals surface area contributed by atoms with Crippen LogP contribution in [0.3, 0.4) is 0 Å². The van der Waals surface area contributed by atoms with E-state index in [1.165, 1.54) is 9.80 Å². The number of piperidine rings is 1. The fourth-order valence-corrected chi connectivity index (χ4v) is 3.25. The fraction of sp³-hybridized carbons (Fsp3) is 0.812. The van der Waals surface area contributed by atoms with E-state index in [0.717, 1.165) is 38.9 Å². The molecule has 3 amide bonds. The molecule has 0 atom stereocenters. The van der Waals surface area contributed by atoms with Crippen LogP contribution in [0.25, 0.3) is 0 Å². The van der Waals surface area contributed by atoms with Crippen LogP contribution in [0, 0.1) is 5.92 Å². The minimum absolute atomic E-state index is 0. The highest BCUT2D eigenvalue weighted by atomic mass is 35.5. The lowest BCUT2D eigenvalue weighted by molar-refractivity contribution is -0.157. The zero-order chi connectivity index (χ0) is 16.8. The molecule has 0 aliphatic carbocycles. The van der Waals surface area contributed by atoms with Gasteiger partial charge in [-0.3, -0.25) is 14.4 Å². The third kappa shape index (κ3) is 5.08. The molecule has 7 nitrogen and oxygen atoms in total. The van der Waals surface area contributed by atoms with Crippen molar-refractivity contribution in [1.82, 2.24) is 20.0 Å². The molecule has 0 aromatic rings. The molecule has 1 N–H and O–H groups in total. The maximum atomic E-state index is 12.4. The maximum Gasteiger partial charge on any atom is 0.312 e. The lowest BCUT2D eigenvalue weighted by Gasteiger charge is -2.36. The Bertz CT molecular complexity index is 453. The van der Waals surface area contributed by atoms with Gasteiger partial charge < -0.3 is 20.0 Å². The summed E-state index contributed by atoms with van der Waals surface area (Å²) in [4.78, 5) is 41.0. The van der Waals surface area contributed by atoms with Gasteiger partial charge in [-0.05, 0) is 45.7 Å². The van der Waals surface area contributed by atoms with E-state index in [1.807, 2.05) is 18.9 Å². The van der Waals surface area contributed by atoms with Crippen LogP contribution in [-0.4, -0.2) is 85.3 Å². The Balaban J connectivity index is 0.00000288. The molecule has 2 fully saturated rings. The number of carbonyl (C=O) groups is 3. The Hall–Kier alpha value is -1.34. The molecule has 0 aromatic carbocycles. The second-order valence-electron chi connectivity index (χ2n) is 6.33. The first-order chi connectivity index (χ1) is 11.1. The third-order valence-electron chi connectivity index (χ3n) is 4.87. The Morgan fingerprint density at radius 3 is 2.25 bits per heavy atom. The van der Waals surface area contributed by atoms with Crippen molar-refractivity contribution in [2.45, 2.75) is 26.2 Å². The van der Waals surface area contributed by atoms with Gasteiger partial charge in [-0.25, -0.2) is 0 Å². The highest BCUT2D eigenvalue weighted by Crippen LogP contribution is 2.20. The zero-order valence-corrected chi connectivity index (χ0v) is 15.4. The fourth-order valence-electron chi connectivity index (χ4n) is 3.25. The van der Waals surface area contributed by atoms with Crippen molar-refractivity contribution in [3.05, 3.63) is 0 Å². The van der Waals surface area contributed by atoms with Crippen LogP contribution in [0.15, 0.2) is 0 Å². The van der Waals surface area contributed by atoms with Crippen LogP contribution in [0.4, 0.5) is 0 Å². The first-order valence-electron chi connectivity index (χ1n) is 8.57. The molecule has 8 heteroatoms. The quantitative estimate of drug-likeness (QED) is 0.674. The predicted molar refractivity (Wildman–Crippen MR) is 93.9 cm³/mol. The summed E-state index contributed by atoms with van der Waals surface area (Å²) in [6.07, 6.45) is 3.18.